The molecule has 0 aliphatic rings. The van der Waals surface area contributed by atoms with E-state index in [9.17, 15) is 4.79 Å². The van der Waals surface area contributed by atoms with Crippen molar-refractivity contribution in [2.24, 2.45) is 0 Å². The normalized spacial score (nSPS) is 11.4. The highest BCUT2D eigenvalue weighted by molar-refractivity contribution is 5.95. The molecule has 1 N–H and O–H groups in total. The fraction of sp³-hybridized carbons (Fsp3) is 0.0909. The van der Waals surface area contributed by atoms with E-state index in [0.717, 1.165) is 11.1 Å². The second kappa shape index (κ2) is 7.46. The van der Waals surface area contributed by atoms with Crippen LogP contribution in [0.25, 0.3) is 0 Å². The number of nitriles is 1. The molecule has 25 heavy (non-hydrogen) atoms. The van der Waals surface area contributed by atoms with Crippen LogP contribution in [0.15, 0.2) is 78.9 Å². The van der Waals surface area contributed by atoms with Gasteiger partial charge in [-0.2, -0.15) is 5.26 Å². The molecule has 3 nitrogen and oxygen atoms in total. The van der Waals surface area contributed by atoms with Gasteiger partial charge < -0.3 is 5.32 Å². The molecule has 0 spiro atoms. The van der Waals surface area contributed by atoms with E-state index in [1.54, 1.807) is 24.3 Å². The molecule has 0 aliphatic heterocycles. The van der Waals surface area contributed by atoms with Crippen molar-refractivity contribution >= 4 is 5.91 Å². The molecule has 0 heterocycles. The third-order valence-electron chi connectivity index (χ3n) is 4.07. The highest BCUT2D eigenvalue weighted by Gasteiger charge is 2.17. The van der Waals surface area contributed by atoms with Gasteiger partial charge in [-0.3, -0.25) is 4.79 Å². The standard InChI is InChI=1S/C22H18N2O/c1-16-10-12-19(13-11-16)21(18-7-3-2-4-8-18)24-22(25)20-9-5-6-17(14-20)15-23/h2-14,21H,1H3,(H,24,25)/t21-/m0/s1. The summed E-state index contributed by atoms with van der Waals surface area (Å²) >= 11 is 0. The van der Waals surface area contributed by atoms with Crippen molar-refractivity contribution in [2.75, 3.05) is 0 Å². The lowest BCUT2D eigenvalue weighted by Crippen LogP contribution is -2.29. The zero-order valence-electron chi connectivity index (χ0n) is 13.9. The maximum atomic E-state index is 12.7. The summed E-state index contributed by atoms with van der Waals surface area (Å²) in [5, 5.41) is 12.1. The summed E-state index contributed by atoms with van der Waals surface area (Å²) in [6, 6.07) is 26.5. The Kier molecular flexibility index (Phi) is 4.92. The van der Waals surface area contributed by atoms with E-state index in [1.807, 2.05) is 61.5 Å². The highest BCUT2D eigenvalue weighted by atomic mass is 16.1. The Labute approximate surface area is 147 Å². The summed E-state index contributed by atoms with van der Waals surface area (Å²) in [6.45, 7) is 2.03. The highest BCUT2D eigenvalue weighted by Crippen LogP contribution is 2.23. The monoisotopic (exact) mass is 326 g/mol. The van der Waals surface area contributed by atoms with E-state index in [2.05, 4.69) is 11.4 Å². The van der Waals surface area contributed by atoms with Crippen LogP contribution in [-0.4, -0.2) is 5.91 Å². The number of nitrogens with zero attached hydrogens (tertiary/aromatic N) is 1. The Morgan fingerprint density at radius 1 is 0.920 bits per heavy atom. The first-order chi connectivity index (χ1) is 12.2. The summed E-state index contributed by atoms with van der Waals surface area (Å²) in [4.78, 5) is 12.7. The van der Waals surface area contributed by atoms with Crippen molar-refractivity contribution in [1.82, 2.24) is 5.32 Å². The van der Waals surface area contributed by atoms with Gasteiger partial charge in [-0.15, -0.1) is 0 Å². The lowest BCUT2D eigenvalue weighted by molar-refractivity contribution is 0.0943. The molecule has 3 heteroatoms. The topological polar surface area (TPSA) is 52.9 Å². The summed E-state index contributed by atoms with van der Waals surface area (Å²) in [6.07, 6.45) is 0. The van der Waals surface area contributed by atoms with Gasteiger partial charge in [0.05, 0.1) is 17.7 Å². The predicted molar refractivity (Wildman–Crippen MR) is 98.1 cm³/mol. The van der Waals surface area contributed by atoms with Gasteiger partial charge in [-0.05, 0) is 36.2 Å². The molecule has 0 bridgehead atoms. The Bertz CT molecular complexity index is 909. The van der Waals surface area contributed by atoms with Gasteiger partial charge >= 0.3 is 0 Å². The minimum absolute atomic E-state index is 0.202. The van der Waals surface area contributed by atoms with Crippen LogP contribution in [0.5, 0.6) is 0 Å². The number of amides is 1. The molecule has 122 valence electrons. The first kappa shape index (κ1) is 16.5. The summed E-state index contributed by atoms with van der Waals surface area (Å²) in [7, 11) is 0. The van der Waals surface area contributed by atoms with Crippen LogP contribution >= 0.6 is 0 Å². The van der Waals surface area contributed by atoms with E-state index in [4.69, 9.17) is 5.26 Å². The molecular weight excluding hydrogens is 308 g/mol. The lowest BCUT2D eigenvalue weighted by atomic mass is 9.97. The van der Waals surface area contributed by atoms with Crippen LogP contribution in [0.4, 0.5) is 0 Å². The SMILES string of the molecule is Cc1ccc([C@@H](NC(=O)c2cccc(C#N)c2)c2ccccc2)cc1. The molecule has 0 fully saturated rings. The molecule has 0 saturated carbocycles. The van der Waals surface area contributed by atoms with Crippen molar-refractivity contribution in [2.45, 2.75) is 13.0 Å². The predicted octanol–water partition coefficient (Wildman–Crippen LogP) is 4.39. The van der Waals surface area contributed by atoms with Gasteiger partial charge in [-0.25, -0.2) is 0 Å². The second-order valence-corrected chi connectivity index (χ2v) is 5.92. The van der Waals surface area contributed by atoms with Crippen LogP contribution in [0.3, 0.4) is 0 Å². The molecule has 1 amide bonds. The zero-order valence-corrected chi connectivity index (χ0v) is 13.9. The van der Waals surface area contributed by atoms with E-state index in [1.165, 1.54) is 5.56 Å². The Morgan fingerprint density at radius 3 is 2.28 bits per heavy atom. The van der Waals surface area contributed by atoms with Crippen molar-refractivity contribution in [3.8, 4) is 6.07 Å². The molecule has 0 saturated heterocycles. The molecule has 3 rings (SSSR count). The molecule has 0 aliphatic carbocycles. The maximum Gasteiger partial charge on any atom is 0.252 e. The van der Waals surface area contributed by atoms with Crippen molar-refractivity contribution in [3.05, 3.63) is 107 Å². The number of carbonyl (C=O) groups is 1. The van der Waals surface area contributed by atoms with E-state index in [0.29, 0.717) is 11.1 Å². The minimum Gasteiger partial charge on any atom is -0.341 e. The van der Waals surface area contributed by atoms with Crippen LogP contribution in [0.2, 0.25) is 0 Å². The fourth-order valence-electron chi connectivity index (χ4n) is 2.71. The molecule has 0 unspecified atom stereocenters. The molecule has 3 aromatic carbocycles. The second-order valence-electron chi connectivity index (χ2n) is 5.92. The largest absolute Gasteiger partial charge is 0.341 e. The van der Waals surface area contributed by atoms with Gasteiger partial charge in [0.15, 0.2) is 0 Å². The van der Waals surface area contributed by atoms with Gasteiger partial charge in [0.2, 0.25) is 0 Å². The van der Waals surface area contributed by atoms with Crippen molar-refractivity contribution < 1.29 is 4.79 Å². The third kappa shape index (κ3) is 3.94. The smallest absolute Gasteiger partial charge is 0.252 e. The molecule has 0 aromatic heterocycles. The zero-order chi connectivity index (χ0) is 17.6. The average Bonchev–Trinajstić information content (AvgIpc) is 2.67. The van der Waals surface area contributed by atoms with Crippen LogP contribution in [0.1, 0.15) is 38.7 Å². The third-order valence-corrected chi connectivity index (χ3v) is 4.07. The Balaban J connectivity index is 1.93. The summed E-state index contributed by atoms with van der Waals surface area (Å²) in [5.41, 5.74) is 4.15. The molecule has 1 atom stereocenters. The average molecular weight is 326 g/mol. The number of rotatable bonds is 4. The fourth-order valence-corrected chi connectivity index (χ4v) is 2.71. The lowest BCUT2D eigenvalue weighted by Gasteiger charge is -2.20. The van der Waals surface area contributed by atoms with Crippen LogP contribution in [-0.2, 0) is 0 Å². The van der Waals surface area contributed by atoms with Gasteiger partial charge in [0, 0.05) is 5.56 Å². The molecule has 3 aromatic rings. The van der Waals surface area contributed by atoms with E-state index in [-0.39, 0.29) is 11.9 Å². The van der Waals surface area contributed by atoms with Gasteiger partial charge in [0.1, 0.15) is 0 Å². The van der Waals surface area contributed by atoms with E-state index >= 15 is 0 Å². The number of nitrogens with one attached hydrogen (secondary N) is 1. The first-order valence-corrected chi connectivity index (χ1v) is 8.10. The van der Waals surface area contributed by atoms with Gasteiger partial charge in [-0.1, -0.05) is 66.2 Å². The Morgan fingerprint density at radius 2 is 1.60 bits per heavy atom. The molecular formula is C22H18N2O. The Hall–Kier alpha value is -3.38. The first-order valence-electron chi connectivity index (χ1n) is 8.10. The maximum absolute atomic E-state index is 12.7. The quantitative estimate of drug-likeness (QED) is 0.773. The van der Waals surface area contributed by atoms with E-state index < -0.39 is 0 Å². The summed E-state index contributed by atoms with van der Waals surface area (Å²) in [5.74, 6) is -0.202. The van der Waals surface area contributed by atoms with Crippen molar-refractivity contribution in [1.29, 1.82) is 5.26 Å². The number of benzene rings is 3. The van der Waals surface area contributed by atoms with Gasteiger partial charge in [0.25, 0.3) is 5.91 Å². The number of carbonyl (C=O) groups excluding carboxylic acids is 1. The van der Waals surface area contributed by atoms with Crippen LogP contribution < -0.4 is 5.32 Å². The number of hydrogen-bond donors (Lipinski definition) is 1. The minimum atomic E-state index is -0.250. The van der Waals surface area contributed by atoms with Crippen molar-refractivity contribution in [3.63, 3.8) is 0 Å². The van der Waals surface area contributed by atoms with Crippen LogP contribution in [0, 0.1) is 18.3 Å². The summed E-state index contributed by atoms with van der Waals surface area (Å²) < 4.78 is 0. The number of aryl methyl sites for hydroxylation is 1. The molecule has 0 radical (unpaired) electrons. The number of hydrogen-bond acceptors (Lipinski definition) is 2.